The SMILES string of the molecule is C=C(C)C1=CCOC1CC/C(=C/c1cc(Br)ccc1O)CC. The summed E-state index contributed by atoms with van der Waals surface area (Å²) in [4.78, 5) is 0. The molecule has 3 heteroatoms. The number of phenols is 1. The van der Waals surface area contributed by atoms with Crippen molar-refractivity contribution in [3.05, 3.63) is 57.6 Å². The Morgan fingerprint density at radius 2 is 2.27 bits per heavy atom. The third-order valence-electron chi connectivity index (χ3n) is 3.97. The zero-order chi connectivity index (χ0) is 16.1. The first-order chi connectivity index (χ1) is 10.5. The molecule has 22 heavy (non-hydrogen) atoms. The van der Waals surface area contributed by atoms with Crippen molar-refractivity contribution in [1.29, 1.82) is 0 Å². The van der Waals surface area contributed by atoms with E-state index < -0.39 is 0 Å². The van der Waals surface area contributed by atoms with Crippen LogP contribution in [0.1, 0.15) is 38.7 Å². The predicted octanol–water partition coefficient (Wildman–Crippen LogP) is 5.63. The van der Waals surface area contributed by atoms with Gasteiger partial charge in [-0.05, 0) is 50.0 Å². The van der Waals surface area contributed by atoms with Crippen LogP contribution in [-0.4, -0.2) is 17.8 Å². The molecule has 0 fully saturated rings. The first kappa shape index (κ1) is 17.0. The maximum absolute atomic E-state index is 9.96. The molecule has 0 saturated carbocycles. The second kappa shape index (κ2) is 7.80. The maximum atomic E-state index is 9.96. The van der Waals surface area contributed by atoms with Gasteiger partial charge in [0, 0.05) is 10.0 Å². The molecule has 0 amide bonds. The van der Waals surface area contributed by atoms with Gasteiger partial charge in [-0.3, -0.25) is 0 Å². The number of aromatic hydroxyl groups is 1. The highest BCUT2D eigenvalue weighted by Crippen LogP contribution is 2.29. The van der Waals surface area contributed by atoms with Crippen LogP contribution in [-0.2, 0) is 4.74 Å². The van der Waals surface area contributed by atoms with Gasteiger partial charge in [-0.15, -0.1) is 0 Å². The second-order valence-corrected chi connectivity index (χ2v) is 6.58. The first-order valence-electron chi connectivity index (χ1n) is 7.66. The fraction of sp³-hybridized carbons (Fsp3) is 0.368. The third kappa shape index (κ3) is 4.34. The number of hydrogen-bond acceptors (Lipinski definition) is 2. The minimum atomic E-state index is 0.156. The highest BCUT2D eigenvalue weighted by Gasteiger charge is 2.20. The van der Waals surface area contributed by atoms with Gasteiger partial charge in [0.05, 0.1) is 12.7 Å². The van der Waals surface area contributed by atoms with Crippen LogP contribution in [0.5, 0.6) is 5.75 Å². The first-order valence-corrected chi connectivity index (χ1v) is 8.46. The Balaban J connectivity index is 2.06. The molecule has 1 unspecified atom stereocenters. The lowest BCUT2D eigenvalue weighted by atomic mass is 9.96. The van der Waals surface area contributed by atoms with E-state index in [2.05, 4.69) is 41.6 Å². The standard InChI is InChI=1S/C19H23BrO2/c1-4-14(11-15-12-16(20)6-7-18(15)21)5-8-19-17(13(2)3)9-10-22-19/h6-7,9,11-12,19,21H,2,4-5,8,10H2,1,3H3/b14-11+. The third-order valence-corrected chi connectivity index (χ3v) is 4.46. The van der Waals surface area contributed by atoms with E-state index in [1.165, 1.54) is 11.1 Å². The molecule has 0 radical (unpaired) electrons. The van der Waals surface area contributed by atoms with Gasteiger partial charge in [0.1, 0.15) is 5.75 Å². The van der Waals surface area contributed by atoms with Crippen LogP contribution >= 0.6 is 15.9 Å². The van der Waals surface area contributed by atoms with Gasteiger partial charge in [0.2, 0.25) is 0 Å². The smallest absolute Gasteiger partial charge is 0.122 e. The number of phenolic OH excluding ortho intramolecular Hbond substituents is 1. The van der Waals surface area contributed by atoms with Crippen molar-refractivity contribution in [3.8, 4) is 5.75 Å². The lowest BCUT2D eigenvalue weighted by Crippen LogP contribution is -2.11. The summed E-state index contributed by atoms with van der Waals surface area (Å²) < 4.78 is 6.75. The summed E-state index contributed by atoms with van der Waals surface area (Å²) in [6.45, 7) is 8.88. The van der Waals surface area contributed by atoms with Crippen molar-refractivity contribution in [2.45, 2.75) is 39.2 Å². The van der Waals surface area contributed by atoms with Gasteiger partial charge >= 0.3 is 0 Å². The van der Waals surface area contributed by atoms with E-state index >= 15 is 0 Å². The summed E-state index contributed by atoms with van der Waals surface area (Å²) in [5.41, 5.74) is 4.49. The van der Waals surface area contributed by atoms with E-state index in [-0.39, 0.29) is 6.10 Å². The zero-order valence-electron chi connectivity index (χ0n) is 13.2. The van der Waals surface area contributed by atoms with E-state index in [0.717, 1.165) is 34.9 Å². The number of ether oxygens (including phenoxy) is 1. The molecule has 1 N–H and O–H groups in total. The summed E-state index contributed by atoms with van der Waals surface area (Å²) in [5.74, 6) is 0.314. The lowest BCUT2D eigenvalue weighted by molar-refractivity contribution is 0.116. The normalized spacial score (nSPS) is 18.4. The molecule has 1 heterocycles. The Bertz CT molecular complexity index is 614. The van der Waals surface area contributed by atoms with Crippen molar-refractivity contribution in [3.63, 3.8) is 0 Å². The van der Waals surface area contributed by atoms with Gasteiger partial charge in [-0.1, -0.05) is 52.7 Å². The molecule has 1 aromatic carbocycles. The van der Waals surface area contributed by atoms with Gasteiger partial charge < -0.3 is 9.84 Å². The summed E-state index contributed by atoms with van der Waals surface area (Å²) in [7, 11) is 0. The Morgan fingerprint density at radius 3 is 2.95 bits per heavy atom. The lowest BCUT2D eigenvalue weighted by Gasteiger charge is -2.16. The number of hydrogen-bond donors (Lipinski definition) is 1. The number of halogens is 1. The zero-order valence-corrected chi connectivity index (χ0v) is 14.8. The highest BCUT2D eigenvalue weighted by atomic mass is 79.9. The molecule has 2 rings (SSSR count). The highest BCUT2D eigenvalue weighted by molar-refractivity contribution is 9.10. The van der Waals surface area contributed by atoms with Crippen LogP contribution < -0.4 is 0 Å². The number of rotatable bonds is 6. The van der Waals surface area contributed by atoms with Crippen molar-refractivity contribution in [2.75, 3.05) is 6.61 Å². The van der Waals surface area contributed by atoms with Crippen LogP contribution in [0.25, 0.3) is 6.08 Å². The second-order valence-electron chi connectivity index (χ2n) is 5.66. The fourth-order valence-corrected chi connectivity index (χ4v) is 3.07. The quantitative estimate of drug-likeness (QED) is 0.710. The fourth-order valence-electron chi connectivity index (χ4n) is 2.69. The maximum Gasteiger partial charge on any atom is 0.122 e. The van der Waals surface area contributed by atoms with E-state index in [0.29, 0.717) is 12.4 Å². The minimum Gasteiger partial charge on any atom is -0.507 e. The average Bonchev–Trinajstić information content (AvgIpc) is 2.95. The van der Waals surface area contributed by atoms with Crippen molar-refractivity contribution < 1.29 is 9.84 Å². The molecule has 0 bridgehead atoms. The van der Waals surface area contributed by atoms with Crippen LogP contribution in [0.15, 0.2) is 52.0 Å². The number of allylic oxidation sites excluding steroid dienone is 1. The Hall–Kier alpha value is -1.32. The Kier molecular flexibility index (Phi) is 6.04. The Morgan fingerprint density at radius 1 is 1.50 bits per heavy atom. The molecule has 118 valence electrons. The molecule has 0 aromatic heterocycles. The van der Waals surface area contributed by atoms with Crippen LogP contribution in [0.4, 0.5) is 0 Å². The van der Waals surface area contributed by atoms with Crippen LogP contribution in [0, 0.1) is 0 Å². The summed E-state index contributed by atoms with van der Waals surface area (Å²) >= 11 is 3.45. The van der Waals surface area contributed by atoms with Gasteiger partial charge in [-0.25, -0.2) is 0 Å². The molecule has 1 atom stereocenters. The van der Waals surface area contributed by atoms with E-state index in [1.54, 1.807) is 6.07 Å². The molecule has 0 aliphatic carbocycles. The predicted molar refractivity (Wildman–Crippen MR) is 95.9 cm³/mol. The molecule has 0 saturated heterocycles. The van der Waals surface area contributed by atoms with Crippen LogP contribution in [0.2, 0.25) is 0 Å². The van der Waals surface area contributed by atoms with Gasteiger partial charge in [0.15, 0.2) is 0 Å². The largest absolute Gasteiger partial charge is 0.507 e. The molecular formula is C19H23BrO2. The summed E-state index contributed by atoms with van der Waals surface area (Å²) in [6, 6.07) is 5.50. The van der Waals surface area contributed by atoms with E-state index in [9.17, 15) is 5.11 Å². The number of benzene rings is 1. The average molecular weight is 363 g/mol. The molecule has 1 aliphatic rings. The van der Waals surface area contributed by atoms with Crippen molar-refractivity contribution in [1.82, 2.24) is 0 Å². The molecular weight excluding hydrogens is 340 g/mol. The molecule has 1 aromatic rings. The summed E-state index contributed by atoms with van der Waals surface area (Å²) in [6.07, 6.45) is 7.24. The van der Waals surface area contributed by atoms with Crippen molar-refractivity contribution in [2.24, 2.45) is 0 Å². The van der Waals surface area contributed by atoms with Gasteiger partial charge in [-0.2, -0.15) is 0 Å². The Labute approximate surface area is 141 Å². The van der Waals surface area contributed by atoms with Crippen LogP contribution in [0.3, 0.4) is 0 Å². The van der Waals surface area contributed by atoms with E-state index in [1.807, 2.05) is 19.1 Å². The van der Waals surface area contributed by atoms with E-state index in [4.69, 9.17) is 4.74 Å². The molecule has 0 spiro atoms. The monoisotopic (exact) mass is 362 g/mol. The van der Waals surface area contributed by atoms with Crippen molar-refractivity contribution >= 4 is 22.0 Å². The van der Waals surface area contributed by atoms with Gasteiger partial charge in [0.25, 0.3) is 0 Å². The minimum absolute atomic E-state index is 0.156. The summed E-state index contributed by atoms with van der Waals surface area (Å²) in [5, 5.41) is 9.96. The molecule has 1 aliphatic heterocycles. The topological polar surface area (TPSA) is 29.5 Å². The molecule has 2 nitrogen and oxygen atoms in total.